The molecule has 110 valence electrons. The Morgan fingerprint density at radius 2 is 2.00 bits per heavy atom. The molecule has 1 aliphatic heterocycles. The molecule has 20 heavy (non-hydrogen) atoms. The molecule has 1 amide bonds. The van der Waals surface area contributed by atoms with Crippen LogP contribution in [-0.4, -0.2) is 36.7 Å². The van der Waals surface area contributed by atoms with Crippen molar-refractivity contribution in [1.82, 2.24) is 10.2 Å². The molecule has 1 heterocycles. The standard InChI is InChI=1S/C16H24N2O2/c1-3-8-14-17-15(13-9-6-5-7-10-13)16(19)18(14)11-12-20-4-2/h5-7,9-10,14-15,17H,3-4,8,11-12H2,1-2H3. The van der Waals surface area contributed by atoms with E-state index in [1.807, 2.05) is 42.2 Å². The molecule has 2 rings (SSSR count). The molecule has 1 aromatic carbocycles. The highest BCUT2D eigenvalue weighted by Crippen LogP contribution is 2.25. The maximum atomic E-state index is 12.6. The number of rotatable bonds is 7. The molecule has 1 aromatic rings. The molecule has 4 nitrogen and oxygen atoms in total. The predicted molar refractivity (Wildman–Crippen MR) is 79.2 cm³/mol. The van der Waals surface area contributed by atoms with Gasteiger partial charge in [-0.2, -0.15) is 0 Å². The first kappa shape index (κ1) is 15.0. The minimum absolute atomic E-state index is 0.123. The number of nitrogens with one attached hydrogen (secondary N) is 1. The highest BCUT2D eigenvalue weighted by atomic mass is 16.5. The quantitative estimate of drug-likeness (QED) is 0.777. The van der Waals surface area contributed by atoms with Crippen molar-refractivity contribution in [2.24, 2.45) is 0 Å². The van der Waals surface area contributed by atoms with Crippen LogP contribution in [0, 0.1) is 0 Å². The summed E-state index contributed by atoms with van der Waals surface area (Å²) < 4.78 is 5.39. The average Bonchev–Trinajstić information content (AvgIpc) is 2.78. The Morgan fingerprint density at radius 1 is 1.25 bits per heavy atom. The van der Waals surface area contributed by atoms with Crippen LogP contribution in [0.2, 0.25) is 0 Å². The van der Waals surface area contributed by atoms with E-state index in [1.54, 1.807) is 0 Å². The van der Waals surface area contributed by atoms with Gasteiger partial charge in [-0.1, -0.05) is 43.7 Å². The fourth-order valence-electron chi connectivity index (χ4n) is 2.64. The number of hydrogen-bond acceptors (Lipinski definition) is 3. The molecule has 0 spiro atoms. The number of ether oxygens (including phenoxy) is 1. The zero-order valence-corrected chi connectivity index (χ0v) is 12.3. The SMILES string of the molecule is CCCC1NC(c2ccccc2)C(=O)N1CCOCC. The molecule has 1 fully saturated rings. The third-order valence-corrected chi connectivity index (χ3v) is 3.64. The van der Waals surface area contributed by atoms with Gasteiger partial charge in [-0.05, 0) is 18.9 Å². The van der Waals surface area contributed by atoms with Crippen molar-refractivity contribution >= 4 is 5.91 Å². The average molecular weight is 276 g/mol. The van der Waals surface area contributed by atoms with Gasteiger partial charge in [-0.25, -0.2) is 0 Å². The van der Waals surface area contributed by atoms with Crippen LogP contribution >= 0.6 is 0 Å². The van der Waals surface area contributed by atoms with Gasteiger partial charge in [0.25, 0.3) is 0 Å². The number of hydrogen-bond donors (Lipinski definition) is 1. The van der Waals surface area contributed by atoms with E-state index in [2.05, 4.69) is 12.2 Å². The summed E-state index contributed by atoms with van der Waals surface area (Å²) in [4.78, 5) is 14.5. The van der Waals surface area contributed by atoms with E-state index in [0.29, 0.717) is 19.8 Å². The molecule has 0 aliphatic carbocycles. The molecule has 1 aliphatic rings. The molecular weight excluding hydrogens is 252 g/mol. The van der Waals surface area contributed by atoms with Crippen molar-refractivity contribution in [2.75, 3.05) is 19.8 Å². The van der Waals surface area contributed by atoms with Crippen LogP contribution < -0.4 is 5.32 Å². The van der Waals surface area contributed by atoms with Gasteiger partial charge in [0.2, 0.25) is 5.91 Å². The van der Waals surface area contributed by atoms with Gasteiger partial charge in [0.1, 0.15) is 6.04 Å². The summed E-state index contributed by atoms with van der Waals surface area (Å²) in [6.07, 6.45) is 2.15. The van der Waals surface area contributed by atoms with Crippen molar-refractivity contribution in [1.29, 1.82) is 0 Å². The van der Waals surface area contributed by atoms with E-state index in [-0.39, 0.29) is 18.1 Å². The van der Waals surface area contributed by atoms with E-state index in [9.17, 15) is 4.79 Å². The van der Waals surface area contributed by atoms with E-state index < -0.39 is 0 Å². The van der Waals surface area contributed by atoms with Crippen LogP contribution in [-0.2, 0) is 9.53 Å². The van der Waals surface area contributed by atoms with Gasteiger partial charge in [-0.15, -0.1) is 0 Å². The molecule has 0 radical (unpaired) electrons. The number of benzene rings is 1. The van der Waals surface area contributed by atoms with E-state index in [1.165, 1.54) is 0 Å². The Balaban J connectivity index is 2.08. The molecule has 0 saturated carbocycles. The first-order valence-electron chi connectivity index (χ1n) is 7.47. The van der Waals surface area contributed by atoms with Crippen LogP contribution in [0.4, 0.5) is 0 Å². The van der Waals surface area contributed by atoms with Crippen LogP contribution in [0.5, 0.6) is 0 Å². The summed E-state index contributed by atoms with van der Waals surface area (Å²) in [5.74, 6) is 0.161. The molecular formula is C16H24N2O2. The highest BCUT2D eigenvalue weighted by molar-refractivity contribution is 5.85. The van der Waals surface area contributed by atoms with Gasteiger partial charge < -0.3 is 9.64 Å². The second-order valence-corrected chi connectivity index (χ2v) is 5.04. The number of carbonyl (C=O) groups excluding carboxylic acids is 1. The second kappa shape index (κ2) is 7.41. The van der Waals surface area contributed by atoms with Gasteiger partial charge >= 0.3 is 0 Å². The number of nitrogens with zero attached hydrogens (tertiary/aromatic N) is 1. The monoisotopic (exact) mass is 276 g/mol. The predicted octanol–water partition coefficient (Wildman–Crippen LogP) is 2.32. The van der Waals surface area contributed by atoms with Crippen LogP contribution in [0.25, 0.3) is 0 Å². The first-order valence-corrected chi connectivity index (χ1v) is 7.47. The molecule has 4 heteroatoms. The van der Waals surface area contributed by atoms with Gasteiger partial charge in [0, 0.05) is 13.2 Å². The van der Waals surface area contributed by atoms with Crippen LogP contribution in [0.3, 0.4) is 0 Å². The third kappa shape index (κ3) is 3.38. The molecule has 2 unspecified atom stereocenters. The van der Waals surface area contributed by atoms with Crippen molar-refractivity contribution in [3.05, 3.63) is 35.9 Å². The zero-order valence-electron chi connectivity index (χ0n) is 12.3. The van der Waals surface area contributed by atoms with Crippen molar-refractivity contribution in [3.63, 3.8) is 0 Å². The highest BCUT2D eigenvalue weighted by Gasteiger charge is 2.38. The summed E-state index contributed by atoms with van der Waals surface area (Å²) in [6.45, 7) is 6.07. The van der Waals surface area contributed by atoms with E-state index in [0.717, 1.165) is 18.4 Å². The number of amides is 1. The normalized spacial score (nSPS) is 22.5. The second-order valence-electron chi connectivity index (χ2n) is 5.04. The third-order valence-electron chi connectivity index (χ3n) is 3.64. The summed E-state index contributed by atoms with van der Waals surface area (Å²) in [7, 11) is 0. The van der Waals surface area contributed by atoms with Crippen molar-refractivity contribution in [3.8, 4) is 0 Å². The molecule has 1 saturated heterocycles. The Labute approximate surface area is 121 Å². The molecule has 1 N–H and O–H groups in total. The molecule has 0 aromatic heterocycles. The lowest BCUT2D eigenvalue weighted by Crippen LogP contribution is -2.39. The van der Waals surface area contributed by atoms with Crippen molar-refractivity contribution < 1.29 is 9.53 Å². The van der Waals surface area contributed by atoms with Gasteiger partial charge in [0.15, 0.2) is 0 Å². The lowest BCUT2D eigenvalue weighted by molar-refractivity contribution is -0.130. The Morgan fingerprint density at radius 3 is 2.65 bits per heavy atom. The zero-order chi connectivity index (χ0) is 14.4. The fraction of sp³-hybridized carbons (Fsp3) is 0.562. The summed E-state index contributed by atoms with van der Waals surface area (Å²) in [6, 6.07) is 9.72. The van der Waals surface area contributed by atoms with E-state index in [4.69, 9.17) is 4.74 Å². The van der Waals surface area contributed by atoms with E-state index >= 15 is 0 Å². The minimum atomic E-state index is -0.214. The molecule has 0 bridgehead atoms. The van der Waals surface area contributed by atoms with Gasteiger partial charge in [0.05, 0.1) is 12.8 Å². The number of carbonyl (C=O) groups is 1. The fourth-order valence-corrected chi connectivity index (χ4v) is 2.64. The summed E-state index contributed by atoms with van der Waals surface area (Å²) in [5, 5.41) is 3.46. The topological polar surface area (TPSA) is 41.6 Å². The first-order chi connectivity index (χ1) is 9.77. The Kier molecular flexibility index (Phi) is 5.56. The summed E-state index contributed by atoms with van der Waals surface area (Å²) >= 11 is 0. The van der Waals surface area contributed by atoms with Crippen LogP contribution in [0.15, 0.2) is 30.3 Å². The minimum Gasteiger partial charge on any atom is -0.380 e. The lowest BCUT2D eigenvalue weighted by Gasteiger charge is -2.23. The Bertz CT molecular complexity index is 422. The largest absolute Gasteiger partial charge is 0.380 e. The lowest BCUT2D eigenvalue weighted by atomic mass is 10.1. The van der Waals surface area contributed by atoms with Crippen LogP contribution in [0.1, 0.15) is 38.3 Å². The summed E-state index contributed by atoms with van der Waals surface area (Å²) in [5.41, 5.74) is 1.04. The van der Waals surface area contributed by atoms with Gasteiger partial charge in [-0.3, -0.25) is 10.1 Å². The Hall–Kier alpha value is -1.39. The maximum Gasteiger partial charge on any atom is 0.245 e. The van der Waals surface area contributed by atoms with Crippen molar-refractivity contribution in [2.45, 2.75) is 38.9 Å². The smallest absolute Gasteiger partial charge is 0.245 e. The molecule has 2 atom stereocenters. The maximum absolute atomic E-state index is 12.6.